The molecular weight excluding hydrogens is 200 g/mol. The van der Waals surface area contributed by atoms with E-state index in [1.807, 2.05) is 24.3 Å². The maximum Gasteiger partial charge on any atom is 0.0960 e. The molecule has 16 heavy (non-hydrogen) atoms. The van der Waals surface area contributed by atoms with Crippen LogP contribution in [0.5, 0.6) is 0 Å². The summed E-state index contributed by atoms with van der Waals surface area (Å²) in [5.41, 5.74) is 2.02. The van der Waals surface area contributed by atoms with Crippen molar-refractivity contribution in [2.24, 2.45) is 0 Å². The van der Waals surface area contributed by atoms with Crippen LogP contribution in [0.25, 0.3) is 0 Å². The summed E-state index contributed by atoms with van der Waals surface area (Å²) >= 11 is 0. The van der Waals surface area contributed by atoms with Gasteiger partial charge in [0.1, 0.15) is 0 Å². The maximum atomic E-state index is 10.4. The summed E-state index contributed by atoms with van der Waals surface area (Å²) < 4.78 is 5.03. The van der Waals surface area contributed by atoms with Gasteiger partial charge in [-0.2, -0.15) is 0 Å². The third-order valence-corrected chi connectivity index (χ3v) is 3.52. The zero-order valence-electron chi connectivity index (χ0n) is 8.97. The number of benzene rings is 1. The molecule has 1 saturated carbocycles. The van der Waals surface area contributed by atoms with Crippen LogP contribution >= 0.6 is 0 Å². The van der Waals surface area contributed by atoms with Gasteiger partial charge in [-0.05, 0) is 24.5 Å². The Balaban J connectivity index is 1.95. The Kier molecular flexibility index (Phi) is 2.11. The van der Waals surface area contributed by atoms with Gasteiger partial charge in [0.25, 0.3) is 0 Å². The van der Waals surface area contributed by atoms with Crippen molar-refractivity contribution in [3.8, 4) is 0 Å². The minimum absolute atomic E-state index is 0.0782. The molecule has 1 fully saturated rings. The number of hydrogen-bond acceptors (Lipinski definition) is 2. The van der Waals surface area contributed by atoms with Crippen molar-refractivity contribution in [3.63, 3.8) is 0 Å². The summed E-state index contributed by atoms with van der Waals surface area (Å²) in [6.07, 6.45) is 4.88. The highest BCUT2D eigenvalue weighted by molar-refractivity contribution is 5.36. The molecule has 1 unspecified atom stereocenters. The molecule has 1 aromatic carbocycles. The predicted octanol–water partition coefficient (Wildman–Crippen LogP) is 3.04. The van der Waals surface area contributed by atoms with Crippen molar-refractivity contribution in [3.05, 3.63) is 60.1 Å². The van der Waals surface area contributed by atoms with Crippen LogP contribution in [0.3, 0.4) is 0 Å². The summed E-state index contributed by atoms with van der Waals surface area (Å²) in [5.74, 6) is 0. The van der Waals surface area contributed by atoms with Crippen molar-refractivity contribution < 1.29 is 9.52 Å². The molecule has 1 N–H and O–H groups in total. The van der Waals surface area contributed by atoms with Crippen molar-refractivity contribution >= 4 is 0 Å². The molecule has 1 aromatic heterocycles. The average Bonchev–Trinajstić information content (AvgIpc) is 2.97. The highest BCUT2D eigenvalue weighted by Crippen LogP contribution is 2.56. The van der Waals surface area contributed by atoms with Gasteiger partial charge in [0.05, 0.1) is 18.6 Å². The van der Waals surface area contributed by atoms with Gasteiger partial charge in [-0.25, -0.2) is 0 Å². The summed E-state index contributed by atoms with van der Waals surface area (Å²) in [6, 6.07) is 12.1. The minimum atomic E-state index is -0.450. The van der Waals surface area contributed by atoms with Gasteiger partial charge in [-0.15, -0.1) is 0 Å². The molecule has 1 aliphatic rings. The topological polar surface area (TPSA) is 33.4 Å². The first-order valence-electron chi connectivity index (χ1n) is 5.59. The predicted molar refractivity (Wildman–Crippen MR) is 61.0 cm³/mol. The van der Waals surface area contributed by atoms with Gasteiger partial charge in [0, 0.05) is 11.0 Å². The largest absolute Gasteiger partial charge is 0.472 e. The SMILES string of the molecule is OC(c1ccoc1)C1(c2ccccc2)CC1. The Bertz CT molecular complexity index is 455. The van der Waals surface area contributed by atoms with E-state index in [-0.39, 0.29) is 5.41 Å². The number of rotatable bonds is 3. The molecule has 0 amide bonds. The molecule has 1 atom stereocenters. The summed E-state index contributed by atoms with van der Waals surface area (Å²) in [5, 5.41) is 10.4. The lowest BCUT2D eigenvalue weighted by atomic mass is 9.87. The van der Waals surface area contributed by atoms with Gasteiger partial charge in [0.2, 0.25) is 0 Å². The smallest absolute Gasteiger partial charge is 0.0960 e. The van der Waals surface area contributed by atoms with Gasteiger partial charge in [-0.3, -0.25) is 0 Å². The normalized spacial score (nSPS) is 19.3. The second-order valence-corrected chi connectivity index (χ2v) is 4.48. The highest BCUT2D eigenvalue weighted by atomic mass is 16.3. The first kappa shape index (κ1) is 9.67. The van der Waals surface area contributed by atoms with Crippen molar-refractivity contribution in [1.29, 1.82) is 0 Å². The molecule has 0 saturated heterocycles. The molecule has 2 nitrogen and oxygen atoms in total. The van der Waals surface area contributed by atoms with Crippen LogP contribution in [0.2, 0.25) is 0 Å². The summed E-state index contributed by atoms with van der Waals surface area (Å²) in [7, 11) is 0. The van der Waals surface area contributed by atoms with Crippen LogP contribution in [0.4, 0.5) is 0 Å². The van der Waals surface area contributed by atoms with Crippen molar-refractivity contribution in [1.82, 2.24) is 0 Å². The Morgan fingerprint density at radius 1 is 1.12 bits per heavy atom. The molecule has 82 valence electrons. The molecule has 0 aliphatic heterocycles. The molecule has 1 aliphatic carbocycles. The van der Waals surface area contributed by atoms with Crippen LogP contribution in [-0.4, -0.2) is 5.11 Å². The number of furan rings is 1. The first-order chi connectivity index (χ1) is 7.83. The maximum absolute atomic E-state index is 10.4. The quantitative estimate of drug-likeness (QED) is 0.851. The first-order valence-corrected chi connectivity index (χ1v) is 5.59. The number of hydrogen-bond donors (Lipinski definition) is 1. The molecular formula is C14H14O2. The van der Waals surface area contributed by atoms with Crippen molar-refractivity contribution in [2.75, 3.05) is 0 Å². The summed E-state index contributed by atoms with van der Waals surface area (Å²) in [6.45, 7) is 0. The Labute approximate surface area is 94.5 Å². The van der Waals surface area contributed by atoms with Gasteiger partial charge < -0.3 is 9.52 Å². The lowest BCUT2D eigenvalue weighted by Gasteiger charge is -2.21. The van der Waals surface area contributed by atoms with Crippen LogP contribution in [0.1, 0.15) is 30.1 Å². The van der Waals surface area contributed by atoms with E-state index in [9.17, 15) is 5.11 Å². The van der Waals surface area contributed by atoms with E-state index in [4.69, 9.17) is 4.42 Å². The number of aliphatic hydroxyl groups excluding tert-OH is 1. The Morgan fingerprint density at radius 2 is 1.88 bits per heavy atom. The zero-order chi connectivity index (χ0) is 11.0. The molecule has 2 heteroatoms. The van der Waals surface area contributed by atoms with E-state index >= 15 is 0 Å². The minimum Gasteiger partial charge on any atom is -0.472 e. The van der Waals surface area contributed by atoms with Gasteiger partial charge >= 0.3 is 0 Å². The fourth-order valence-corrected chi connectivity index (χ4v) is 2.37. The third-order valence-electron chi connectivity index (χ3n) is 3.52. The van der Waals surface area contributed by atoms with E-state index in [1.165, 1.54) is 5.56 Å². The molecule has 1 heterocycles. The van der Waals surface area contributed by atoms with E-state index < -0.39 is 6.10 Å². The molecule has 0 radical (unpaired) electrons. The van der Waals surface area contributed by atoms with Crippen LogP contribution < -0.4 is 0 Å². The van der Waals surface area contributed by atoms with E-state index in [0.29, 0.717) is 0 Å². The molecule has 0 bridgehead atoms. The average molecular weight is 214 g/mol. The monoisotopic (exact) mass is 214 g/mol. The Hall–Kier alpha value is -1.54. The lowest BCUT2D eigenvalue weighted by molar-refractivity contribution is 0.132. The summed E-state index contributed by atoms with van der Waals surface area (Å²) in [4.78, 5) is 0. The zero-order valence-corrected chi connectivity index (χ0v) is 8.97. The van der Waals surface area contributed by atoms with Crippen molar-refractivity contribution in [2.45, 2.75) is 24.4 Å². The lowest BCUT2D eigenvalue weighted by Crippen LogP contribution is -2.17. The fourth-order valence-electron chi connectivity index (χ4n) is 2.37. The van der Waals surface area contributed by atoms with Crippen LogP contribution in [-0.2, 0) is 5.41 Å². The second kappa shape index (κ2) is 3.49. The molecule has 2 aromatic rings. The molecule has 0 spiro atoms. The van der Waals surface area contributed by atoms with E-state index in [0.717, 1.165) is 18.4 Å². The third kappa shape index (κ3) is 1.38. The highest BCUT2D eigenvalue weighted by Gasteiger charge is 2.50. The van der Waals surface area contributed by atoms with E-state index in [1.54, 1.807) is 12.5 Å². The van der Waals surface area contributed by atoms with Gasteiger partial charge in [0.15, 0.2) is 0 Å². The van der Waals surface area contributed by atoms with Crippen LogP contribution in [0, 0.1) is 0 Å². The fraction of sp³-hybridized carbons (Fsp3) is 0.286. The Morgan fingerprint density at radius 3 is 2.44 bits per heavy atom. The standard InChI is InChI=1S/C14H14O2/c15-13(11-6-9-16-10-11)14(7-8-14)12-4-2-1-3-5-12/h1-6,9-10,13,15H,7-8H2. The van der Waals surface area contributed by atoms with Gasteiger partial charge in [-0.1, -0.05) is 30.3 Å². The number of aliphatic hydroxyl groups is 1. The van der Waals surface area contributed by atoms with Crippen LogP contribution in [0.15, 0.2) is 53.3 Å². The van der Waals surface area contributed by atoms with E-state index in [2.05, 4.69) is 12.1 Å². The molecule has 3 rings (SSSR count). The second-order valence-electron chi connectivity index (χ2n) is 4.48.